The van der Waals surface area contributed by atoms with E-state index in [4.69, 9.17) is 5.26 Å². The highest BCUT2D eigenvalue weighted by atomic mass is 32.2. The number of nitrogens with zero attached hydrogens (tertiary/aromatic N) is 1. The summed E-state index contributed by atoms with van der Waals surface area (Å²) in [6.07, 6.45) is 2.12. The molecular weight excluding hydrogens is 238 g/mol. The van der Waals surface area contributed by atoms with Crippen molar-refractivity contribution in [1.29, 1.82) is 5.26 Å². The van der Waals surface area contributed by atoms with Crippen molar-refractivity contribution in [2.45, 2.75) is 11.7 Å². The molecular formula is C16H15NS. The molecule has 0 aliphatic carbocycles. The minimum atomic E-state index is -0.0742. The van der Waals surface area contributed by atoms with Crippen LogP contribution < -0.4 is 0 Å². The molecule has 0 saturated carbocycles. The molecule has 0 amide bonds. The summed E-state index contributed by atoms with van der Waals surface area (Å²) in [7, 11) is 0. The Morgan fingerprint density at radius 1 is 0.944 bits per heavy atom. The first-order valence-electron chi connectivity index (χ1n) is 5.82. The van der Waals surface area contributed by atoms with Crippen molar-refractivity contribution < 1.29 is 0 Å². The lowest BCUT2D eigenvalue weighted by Crippen LogP contribution is -2.18. The molecule has 0 aliphatic rings. The number of benzene rings is 2. The first-order chi connectivity index (χ1) is 8.70. The Morgan fingerprint density at radius 3 is 2.00 bits per heavy atom. The third kappa shape index (κ3) is 2.27. The fraction of sp³-hybridized carbons (Fsp3) is 0.188. The van der Waals surface area contributed by atoms with Gasteiger partial charge in [-0.25, -0.2) is 0 Å². The Bertz CT molecular complexity index is 554. The van der Waals surface area contributed by atoms with E-state index in [0.29, 0.717) is 5.56 Å². The van der Waals surface area contributed by atoms with Crippen molar-refractivity contribution >= 4 is 11.8 Å². The minimum absolute atomic E-state index is 0.0742. The molecule has 1 atom stereocenters. The second-order valence-electron chi connectivity index (χ2n) is 4.29. The van der Waals surface area contributed by atoms with Gasteiger partial charge in [-0.15, -0.1) is 11.8 Å². The van der Waals surface area contributed by atoms with Gasteiger partial charge in [0.15, 0.2) is 0 Å². The van der Waals surface area contributed by atoms with E-state index in [1.165, 1.54) is 11.1 Å². The molecule has 2 aromatic carbocycles. The summed E-state index contributed by atoms with van der Waals surface area (Å²) >= 11 is 1.81. The lowest BCUT2D eigenvalue weighted by molar-refractivity contribution is 0.841. The predicted octanol–water partition coefficient (Wildman–Crippen LogP) is 4.18. The average Bonchev–Trinajstić information content (AvgIpc) is 2.47. The van der Waals surface area contributed by atoms with Crippen LogP contribution in [0, 0.1) is 11.3 Å². The lowest BCUT2D eigenvalue weighted by Gasteiger charge is -2.29. The molecule has 0 fully saturated rings. The van der Waals surface area contributed by atoms with Crippen molar-refractivity contribution in [3.05, 3.63) is 71.3 Å². The molecule has 0 heterocycles. The van der Waals surface area contributed by atoms with Crippen LogP contribution in [0.3, 0.4) is 0 Å². The largest absolute Gasteiger partial charge is 0.192 e. The van der Waals surface area contributed by atoms with Gasteiger partial charge in [-0.3, -0.25) is 0 Å². The number of rotatable bonds is 3. The molecule has 2 rings (SSSR count). The summed E-state index contributed by atoms with van der Waals surface area (Å²) < 4.78 is -0.0742. The van der Waals surface area contributed by atoms with Crippen LogP contribution in [0.25, 0.3) is 0 Å². The molecule has 0 radical (unpaired) electrons. The molecule has 90 valence electrons. The van der Waals surface area contributed by atoms with E-state index in [-0.39, 0.29) is 4.75 Å². The Morgan fingerprint density at radius 2 is 1.50 bits per heavy atom. The van der Waals surface area contributed by atoms with Gasteiger partial charge in [0.2, 0.25) is 0 Å². The minimum Gasteiger partial charge on any atom is -0.192 e. The van der Waals surface area contributed by atoms with Crippen molar-refractivity contribution in [2.24, 2.45) is 0 Å². The second kappa shape index (κ2) is 5.29. The molecule has 0 saturated heterocycles. The smallest absolute Gasteiger partial charge is 0.0991 e. The summed E-state index contributed by atoms with van der Waals surface area (Å²) in [5, 5.41) is 8.85. The zero-order valence-corrected chi connectivity index (χ0v) is 11.4. The highest BCUT2D eigenvalue weighted by Gasteiger charge is 2.27. The van der Waals surface area contributed by atoms with E-state index in [1.807, 2.05) is 42.1 Å². The maximum atomic E-state index is 8.85. The van der Waals surface area contributed by atoms with Gasteiger partial charge in [-0.1, -0.05) is 42.5 Å². The van der Waals surface area contributed by atoms with Gasteiger partial charge in [-0.05, 0) is 36.4 Å². The van der Waals surface area contributed by atoms with E-state index in [0.717, 1.165) is 0 Å². The van der Waals surface area contributed by atoms with Crippen LogP contribution in [0.15, 0.2) is 54.6 Å². The fourth-order valence-electron chi connectivity index (χ4n) is 2.02. The molecule has 0 aromatic heterocycles. The topological polar surface area (TPSA) is 23.8 Å². The van der Waals surface area contributed by atoms with Crippen molar-refractivity contribution in [3.63, 3.8) is 0 Å². The maximum absolute atomic E-state index is 8.85. The molecule has 2 aromatic rings. The first kappa shape index (κ1) is 12.7. The fourth-order valence-corrected chi connectivity index (χ4v) is 2.76. The standard InChI is InChI=1S/C16H15NS/c1-16(18-2,14-6-4-3-5-7-14)15-10-8-13(12-17)9-11-15/h3-11H,1-2H3. The number of hydrogen-bond donors (Lipinski definition) is 0. The predicted molar refractivity (Wildman–Crippen MR) is 77.6 cm³/mol. The Kier molecular flexibility index (Phi) is 3.74. The molecule has 1 nitrogen and oxygen atoms in total. The Labute approximate surface area is 112 Å². The Balaban J connectivity index is 2.47. The van der Waals surface area contributed by atoms with Gasteiger partial charge < -0.3 is 0 Å². The summed E-state index contributed by atoms with van der Waals surface area (Å²) in [5.41, 5.74) is 3.21. The van der Waals surface area contributed by atoms with Crippen LogP contribution >= 0.6 is 11.8 Å². The van der Waals surface area contributed by atoms with Gasteiger partial charge >= 0.3 is 0 Å². The van der Waals surface area contributed by atoms with Gasteiger partial charge in [0.1, 0.15) is 0 Å². The van der Waals surface area contributed by atoms with Crippen LogP contribution in [0.1, 0.15) is 23.6 Å². The normalized spacial score (nSPS) is 13.6. The molecule has 18 heavy (non-hydrogen) atoms. The van der Waals surface area contributed by atoms with Gasteiger partial charge in [0.25, 0.3) is 0 Å². The Hall–Kier alpha value is -1.72. The molecule has 0 aliphatic heterocycles. The lowest BCUT2D eigenvalue weighted by atomic mass is 9.91. The third-order valence-electron chi connectivity index (χ3n) is 3.30. The van der Waals surface area contributed by atoms with E-state index < -0.39 is 0 Å². The summed E-state index contributed by atoms with van der Waals surface area (Å²) in [4.78, 5) is 0. The number of hydrogen-bond acceptors (Lipinski definition) is 2. The van der Waals surface area contributed by atoms with Gasteiger partial charge in [0, 0.05) is 0 Å². The van der Waals surface area contributed by atoms with Gasteiger partial charge in [0.05, 0.1) is 16.4 Å². The SMILES string of the molecule is CSC(C)(c1ccccc1)c1ccc(C#N)cc1. The van der Waals surface area contributed by atoms with Crippen LogP contribution in [-0.2, 0) is 4.75 Å². The highest BCUT2D eigenvalue weighted by Crippen LogP contribution is 2.40. The van der Waals surface area contributed by atoms with E-state index in [1.54, 1.807) is 0 Å². The number of thioether (sulfide) groups is 1. The average molecular weight is 253 g/mol. The van der Waals surface area contributed by atoms with Crippen molar-refractivity contribution in [3.8, 4) is 6.07 Å². The third-order valence-corrected chi connectivity index (χ3v) is 4.59. The molecule has 0 bridgehead atoms. The number of nitriles is 1. The van der Waals surface area contributed by atoms with Gasteiger partial charge in [-0.2, -0.15) is 5.26 Å². The van der Waals surface area contributed by atoms with Crippen molar-refractivity contribution in [2.75, 3.05) is 6.26 Å². The van der Waals surface area contributed by atoms with Crippen LogP contribution in [0.2, 0.25) is 0 Å². The second-order valence-corrected chi connectivity index (χ2v) is 5.52. The quantitative estimate of drug-likeness (QED) is 0.819. The molecule has 0 N–H and O–H groups in total. The molecule has 2 heteroatoms. The summed E-state index contributed by atoms with van der Waals surface area (Å²) in [6, 6.07) is 20.5. The summed E-state index contributed by atoms with van der Waals surface area (Å²) in [5.74, 6) is 0. The van der Waals surface area contributed by atoms with Crippen molar-refractivity contribution in [1.82, 2.24) is 0 Å². The molecule has 1 unspecified atom stereocenters. The van der Waals surface area contributed by atoms with E-state index in [9.17, 15) is 0 Å². The zero-order chi connectivity index (χ0) is 13.0. The summed E-state index contributed by atoms with van der Waals surface area (Å²) in [6.45, 7) is 2.22. The molecule has 0 spiro atoms. The van der Waals surface area contributed by atoms with Crippen LogP contribution in [0.5, 0.6) is 0 Å². The van der Waals surface area contributed by atoms with E-state index in [2.05, 4.69) is 43.5 Å². The maximum Gasteiger partial charge on any atom is 0.0991 e. The highest BCUT2D eigenvalue weighted by molar-refractivity contribution is 7.99. The first-order valence-corrected chi connectivity index (χ1v) is 7.04. The monoisotopic (exact) mass is 253 g/mol. The van der Waals surface area contributed by atoms with Crippen LogP contribution in [-0.4, -0.2) is 6.26 Å². The van der Waals surface area contributed by atoms with E-state index >= 15 is 0 Å². The van der Waals surface area contributed by atoms with Crippen LogP contribution in [0.4, 0.5) is 0 Å². The zero-order valence-electron chi connectivity index (χ0n) is 10.6.